The Labute approximate surface area is 114 Å². The first-order valence-corrected chi connectivity index (χ1v) is 6.35. The lowest BCUT2D eigenvalue weighted by molar-refractivity contribution is 0.159. The summed E-state index contributed by atoms with van der Waals surface area (Å²) in [4.78, 5) is 2.11. The molecule has 1 atom stereocenters. The highest BCUT2D eigenvalue weighted by Crippen LogP contribution is 2.28. The maximum Gasteiger partial charge on any atom is 0.131 e. The van der Waals surface area contributed by atoms with Crippen molar-refractivity contribution in [1.82, 2.24) is 4.90 Å². The normalized spacial score (nSPS) is 12.7. The second-order valence-corrected chi connectivity index (χ2v) is 4.55. The van der Waals surface area contributed by atoms with Crippen molar-refractivity contribution in [3.63, 3.8) is 0 Å². The molecule has 19 heavy (non-hydrogen) atoms. The summed E-state index contributed by atoms with van der Waals surface area (Å²) in [5, 5.41) is 0. The molecule has 0 bridgehead atoms. The monoisotopic (exact) mass is 270 g/mol. The molecule has 1 aromatic carbocycles. The summed E-state index contributed by atoms with van der Waals surface area (Å²) in [7, 11) is 5.18. The van der Waals surface area contributed by atoms with Gasteiger partial charge < -0.3 is 20.1 Å². The third kappa shape index (κ3) is 4.78. The fourth-order valence-electron chi connectivity index (χ4n) is 1.92. The van der Waals surface area contributed by atoms with Crippen LogP contribution in [0.5, 0.6) is 5.75 Å². The van der Waals surface area contributed by atoms with Crippen LogP contribution < -0.4 is 10.5 Å². The van der Waals surface area contributed by atoms with Gasteiger partial charge in [0.05, 0.1) is 13.7 Å². The molecule has 0 fully saturated rings. The molecule has 0 aliphatic rings. The first-order chi connectivity index (χ1) is 9.10. The SMILES string of the molecule is COCCN(C)CCC(N)c1c(F)cccc1OC. The smallest absolute Gasteiger partial charge is 0.131 e. The molecule has 2 N–H and O–H groups in total. The minimum absolute atomic E-state index is 0.314. The Hall–Kier alpha value is -1.17. The van der Waals surface area contributed by atoms with Crippen LogP contribution in [0.4, 0.5) is 4.39 Å². The number of ether oxygens (including phenoxy) is 2. The number of nitrogens with zero attached hydrogens (tertiary/aromatic N) is 1. The van der Waals surface area contributed by atoms with Crippen LogP contribution in [-0.2, 0) is 4.74 Å². The molecule has 0 aromatic heterocycles. The van der Waals surface area contributed by atoms with Crippen molar-refractivity contribution in [3.05, 3.63) is 29.6 Å². The van der Waals surface area contributed by atoms with Gasteiger partial charge in [0.25, 0.3) is 0 Å². The maximum atomic E-state index is 13.8. The predicted molar refractivity (Wildman–Crippen MR) is 73.9 cm³/mol. The van der Waals surface area contributed by atoms with Crippen LogP contribution in [0.3, 0.4) is 0 Å². The molecule has 0 radical (unpaired) electrons. The molecular formula is C14H23FN2O2. The van der Waals surface area contributed by atoms with Crippen molar-refractivity contribution in [1.29, 1.82) is 0 Å². The van der Waals surface area contributed by atoms with E-state index in [2.05, 4.69) is 4.90 Å². The third-order valence-electron chi connectivity index (χ3n) is 3.10. The largest absolute Gasteiger partial charge is 0.496 e. The predicted octanol–water partition coefficient (Wildman–Crippen LogP) is 1.80. The summed E-state index contributed by atoms with van der Waals surface area (Å²) in [5.74, 6) is 0.193. The van der Waals surface area contributed by atoms with E-state index >= 15 is 0 Å². The van der Waals surface area contributed by atoms with Crippen molar-refractivity contribution in [2.24, 2.45) is 5.73 Å². The Kier molecular flexibility index (Phi) is 6.77. The Morgan fingerprint density at radius 3 is 2.68 bits per heavy atom. The zero-order valence-electron chi connectivity index (χ0n) is 11.9. The average Bonchev–Trinajstić information content (AvgIpc) is 2.42. The molecule has 4 nitrogen and oxygen atoms in total. The molecule has 0 aliphatic heterocycles. The van der Waals surface area contributed by atoms with E-state index in [1.807, 2.05) is 7.05 Å². The highest BCUT2D eigenvalue weighted by molar-refractivity contribution is 5.37. The lowest BCUT2D eigenvalue weighted by Crippen LogP contribution is -2.27. The van der Waals surface area contributed by atoms with E-state index in [1.54, 1.807) is 19.2 Å². The number of likely N-dealkylation sites (N-methyl/N-ethyl adjacent to an activating group) is 1. The Morgan fingerprint density at radius 1 is 1.32 bits per heavy atom. The van der Waals surface area contributed by atoms with Gasteiger partial charge in [-0.2, -0.15) is 0 Å². The van der Waals surface area contributed by atoms with Gasteiger partial charge in [-0.1, -0.05) is 6.07 Å². The molecule has 0 spiro atoms. The number of nitrogens with two attached hydrogens (primary N) is 1. The summed E-state index contributed by atoms with van der Waals surface area (Å²) >= 11 is 0. The van der Waals surface area contributed by atoms with E-state index in [1.165, 1.54) is 13.2 Å². The number of halogens is 1. The number of hydrogen-bond acceptors (Lipinski definition) is 4. The van der Waals surface area contributed by atoms with E-state index in [0.29, 0.717) is 24.3 Å². The molecule has 1 rings (SSSR count). The van der Waals surface area contributed by atoms with Gasteiger partial charge in [0, 0.05) is 25.3 Å². The van der Waals surface area contributed by atoms with E-state index < -0.39 is 0 Å². The zero-order valence-corrected chi connectivity index (χ0v) is 11.9. The number of benzene rings is 1. The molecule has 5 heteroatoms. The lowest BCUT2D eigenvalue weighted by atomic mass is 10.0. The summed E-state index contributed by atoms with van der Waals surface area (Å²) in [6.45, 7) is 2.29. The average molecular weight is 270 g/mol. The molecule has 0 saturated carbocycles. The molecular weight excluding hydrogens is 247 g/mol. The Balaban J connectivity index is 2.60. The first-order valence-electron chi connectivity index (χ1n) is 6.35. The zero-order chi connectivity index (χ0) is 14.3. The molecule has 1 unspecified atom stereocenters. The fourth-order valence-corrected chi connectivity index (χ4v) is 1.92. The van der Waals surface area contributed by atoms with E-state index in [9.17, 15) is 4.39 Å². The highest BCUT2D eigenvalue weighted by Gasteiger charge is 2.17. The summed E-state index contributed by atoms with van der Waals surface area (Å²) in [6.07, 6.45) is 0.664. The van der Waals surface area contributed by atoms with Gasteiger partial charge in [-0.25, -0.2) is 4.39 Å². The molecule has 0 saturated heterocycles. The van der Waals surface area contributed by atoms with E-state index in [4.69, 9.17) is 15.2 Å². The molecule has 1 aromatic rings. The standard InChI is InChI=1S/C14H23FN2O2/c1-17(9-10-18-2)8-7-12(16)14-11(15)5-4-6-13(14)19-3/h4-6,12H,7-10,16H2,1-3H3. The van der Waals surface area contributed by atoms with Crippen LogP contribution in [0, 0.1) is 5.82 Å². The van der Waals surface area contributed by atoms with Crippen LogP contribution in [0.1, 0.15) is 18.0 Å². The topological polar surface area (TPSA) is 47.7 Å². The van der Waals surface area contributed by atoms with Gasteiger partial charge >= 0.3 is 0 Å². The highest BCUT2D eigenvalue weighted by atomic mass is 19.1. The van der Waals surface area contributed by atoms with Crippen molar-refractivity contribution in [2.75, 3.05) is 41.0 Å². The minimum atomic E-state index is -0.374. The minimum Gasteiger partial charge on any atom is -0.496 e. The quantitative estimate of drug-likeness (QED) is 0.782. The molecule has 0 aliphatic carbocycles. The fraction of sp³-hybridized carbons (Fsp3) is 0.571. The van der Waals surface area contributed by atoms with Gasteiger partial charge in [0.1, 0.15) is 11.6 Å². The van der Waals surface area contributed by atoms with Crippen LogP contribution in [0.2, 0.25) is 0 Å². The van der Waals surface area contributed by atoms with Crippen molar-refractivity contribution < 1.29 is 13.9 Å². The molecule has 0 heterocycles. The summed E-state index contributed by atoms with van der Waals surface area (Å²) in [5.41, 5.74) is 6.52. The number of methoxy groups -OCH3 is 2. The maximum absolute atomic E-state index is 13.8. The van der Waals surface area contributed by atoms with Crippen molar-refractivity contribution in [2.45, 2.75) is 12.5 Å². The van der Waals surface area contributed by atoms with E-state index in [0.717, 1.165) is 13.1 Å². The van der Waals surface area contributed by atoms with Crippen molar-refractivity contribution in [3.8, 4) is 5.75 Å². The Morgan fingerprint density at radius 2 is 2.05 bits per heavy atom. The summed E-state index contributed by atoms with van der Waals surface area (Å²) < 4.78 is 24.0. The van der Waals surface area contributed by atoms with Crippen LogP contribution in [-0.4, -0.2) is 45.9 Å². The van der Waals surface area contributed by atoms with Crippen LogP contribution in [0.15, 0.2) is 18.2 Å². The van der Waals surface area contributed by atoms with Crippen LogP contribution in [0.25, 0.3) is 0 Å². The third-order valence-corrected chi connectivity index (χ3v) is 3.10. The van der Waals surface area contributed by atoms with E-state index in [-0.39, 0.29) is 11.9 Å². The van der Waals surface area contributed by atoms with Crippen LogP contribution >= 0.6 is 0 Å². The molecule has 0 amide bonds. The van der Waals surface area contributed by atoms with Gasteiger partial charge in [-0.05, 0) is 32.1 Å². The number of hydrogen-bond donors (Lipinski definition) is 1. The Bertz CT molecular complexity index is 388. The second-order valence-electron chi connectivity index (χ2n) is 4.55. The number of rotatable bonds is 8. The first kappa shape index (κ1) is 15.9. The van der Waals surface area contributed by atoms with Gasteiger partial charge in [0.15, 0.2) is 0 Å². The van der Waals surface area contributed by atoms with Gasteiger partial charge in [-0.15, -0.1) is 0 Å². The summed E-state index contributed by atoms with van der Waals surface area (Å²) in [6, 6.07) is 4.38. The second kappa shape index (κ2) is 8.09. The van der Waals surface area contributed by atoms with Gasteiger partial charge in [0.2, 0.25) is 0 Å². The molecule has 108 valence electrons. The van der Waals surface area contributed by atoms with Crippen molar-refractivity contribution >= 4 is 0 Å². The lowest BCUT2D eigenvalue weighted by Gasteiger charge is -2.20. The van der Waals surface area contributed by atoms with Gasteiger partial charge in [-0.3, -0.25) is 0 Å².